The summed E-state index contributed by atoms with van der Waals surface area (Å²) in [5, 5.41) is 8.74. The maximum absolute atomic E-state index is 12.4. The van der Waals surface area contributed by atoms with E-state index in [0.29, 0.717) is 19.4 Å². The van der Waals surface area contributed by atoms with Crippen LogP contribution in [0.25, 0.3) is 16.7 Å². The van der Waals surface area contributed by atoms with Crippen molar-refractivity contribution < 1.29 is 4.79 Å². The van der Waals surface area contributed by atoms with Crippen LogP contribution in [0.4, 0.5) is 0 Å². The number of nitrogens with one attached hydrogen (secondary N) is 1. The summed E-state index contributed by atoms with van der Waals surface area (Å²) in [6.45, 7) is 8.80. The fourth-order valence-electron chi connectivity index (χ4n) is 4.22. The molecule has 3 aromatic heterocycles. The molecule has 0 atom stereocenters. The van der Waals surface area contributed by atoms with Crippen LogP contribution in [0, 0.1) is 27.7 Å². The summed E-state index contributed by atoms with van der Waals surface area (Å²) < 4.78 is 1.88. The molecular weight excluding hydrogens is 386 g/mol. The van der Waals surface area contributed by atoms with E-state index in [1.807, 2.05) is 43.5 Å². The third-order valence-corrected chi connectivity index (χ3v) is 5.82. The maximum Gasteiger partial charge on any atom is 0.220 e. The van der Waals surface area contributed by atoms with Crippen molar-refractivity contribution in [1.29, 1.82) is 0 Å². The number of hydrogen-bond donors (Lipinski definition) is 1. The van der Waals surface area contributed by atoms with E-state index in [-0.39, 0.29) is 5.91 Å². The minimum Gasteiger partial charge on any atom is -0.356 e. The van der Waals surface area contributed by atoms with Gasteiger partial charge in [-0.2, -0.15) is 0 Å². The molecule has 0 spiro atoms. The van der Waals surface area contributed by atoms with E-state index in [2.05, 4.69) is 35.4 Å². The molecule has 0 saturated heterocycles. The normalized spacial score (nSPS) is 11.4. The molecule has 0 aliphatic carbocycles. The molecule has 1 amide bonds. The van der Waals surface area contributed by atoms with Gasteiger partial charge in [0.25, 0.3) is 0 Å². The SMILES string of the molecule is Cc1cc(C)c2c(n1)nn1c(C)c(CCC(=O)NCCCc3ccccc3)c(C)nc21. The van der Waals surface area contributed by atoms with Crippen LogP contribution in [0.15, 0.2) is 36.4 Å². The van der Waals surface area contributed by atoms with E-state index in [1.54, 1.807) is 0 Å². The minimum absolute atomic E-state index is 0.0747. The highest BCUT2D eigenvalue weighted by molar-refractivity contribution is 5.93. The van der Waals surface area contributed by atoms with E-state index < -0.39 is 0 Å². The summed E-state index contributed by atoms with van der Waals surface area (Å²) in [4.78, 5) is 21.8. The Labute approximate surface area is 182 Å². The van der Waals surface area contributed by atoms with Gasteiger partial charge in [0.15, 0.2) is 11.3 Å². The number of aryl methyl sites for hydroxylation is 5. The highest BCUT2D eigenvalue weighted by Crippen LogP contribution is 2.25. The van der Waals surface area contributed by atoms with Crippen molar-refractivity contribution in [3.8, 4) is 0 Å². The van der Waals surface area contributed by atoms with Crippen LogP contribution in [-0.2, 0) is 17.6 Å². The summed E-state index contributed by atoms with van der Waals surface area (Å²) >= 11 is 0. The molecule has 6 heteroatoms. The van der Waals surface area contributed by atoms with Gasteiger partial charge in [-0.25, -0.2) is 14.5 Å². The number of hydrogen-bond acceptors (Lipinski definition) is 4. The third kappa shape index (κ3) is 4.43. The van der Waals surface area contributed by atoms with Gasteiger partial charge in [-0.05, 0) is 69.7 Å². The monoisotopic (exact) mass is 415 g/mol. The smallest absolute Gasteiger partial charge is 0.220 e. The molecule has 0 unspecified atom stereocenters. The molecule has 0 bridgehead atoms. The van der Waals surface area contributed by atoms with Gasteiger partial charge < -0.3 is 5.32 Å². The van der Waals surface area contributed by atoms with E-state index in [9.17, 15) is 4.79 Å². The van der Waals surface area contributed by atoms with E-state index in [1.165, 1.54) is 5.56 Å². The Kier molecular flexibility index (Phi) is 5.98. The van der Waals surface area contributed by atoms with Gasteiger partial charge in [-0.15, -0.1) is 5.10 Å². The summed E-state index contributed by atoms with van der Waals surface area (Å²) in [5.74, 6) is 0.0747. The largest absolute Gasteiger partial charge is 0.356 e. The number of carbonyl (C=O) groups is 1. The van der Waals surface area contributed by atoms with Crippen LogP contribution < -0.4 is 5.32 Å². The standard InChI is InChI=1S/C25H29N5O/c1-16-15-17(2)27-24-23(16)25-28-18(3)21(19(4)30(25)29-24)12-13-22(31)26-14-8-11-20-9-6-5-7-10-20/h5-7,9-10,15H,8,11-14H2,1-4H3,(H,26,31). The lowest BCUT2D eigenvalue weighted by atomic mass is 10.1. The van der Waals surface area contributed by atoms with Crippen LogP contribution in [-0.4, -0.2) is 32.0 Å². The topological polar surface area (TPSA) is 72.2 Å². The quantitative estimate of drug-likeness (QED) is 0.459. The molecule has 0 aliphatic heterocycles. The second kappa shape index (κ2) is 8.84. The van der Waals surface area contributed by atoms with E-state index in [0.717, 1.165) is 57.7 Å². The second-order valence-corrected chi connectivity index (χ2v) is 8.21. The van der Waals surface area contributed by atoms with Crippen molar-refractivity contribution in [1.82, 2.24) is 24.9 Å². The number of amides is 1. The number of carbonyl (C=O) groups excluding carboxylic acids is 1. The number of pyridine rings is 1. The van der Waals surface area contributed by atoms with Crippen molar-refractivity contribution in [3.63, 3.8) is 0 Å². The number of rotatable bonds is 7. The Morgan fingerprint density at radius 1 is 1.03 bits per heavy atom. The van der Waals surface area contributed by atoms with E-state index >= 15 is 0 Å². The molecule has 160 valence electrons. The Hall–Kier alpha value is -3.28. The molecule has 6 nitrogen and oxygen atoms in total. The zero-order chi connectivity index (χ0) is 22.0. The molecule has 0 radical (unpaired) electrons. The number of nitrogens with zero attached hydrogens (tertiary/aromatic N) is 4. The van der Waals surface area contributed by atoms with Gasteiger partial charge >= 0.3 is 0 Å². The zero-order valence-corrected chi connectivity index (χ0v) is 18.7. The van der Waals surface area contributed by atoms with Crippen LogP contribution >= 0.6 is 0 Å². The predicted molar refractivity (Wildman–Crippen MR) is 123 cm³/mol. The van der Waals surface area contributed by atoms with Crippen molar-refractivity contribution in [3.05, 3.63) is 70.2 Å². The molecular formula is C25H29N5O. The Balaban J connectivity index is 1.43. The second-order valence-electron chi connectivity index (χ2n) is 8.21. The van der Waals surface area contributed by atoms with Crippen molar-refractivity contribution in [2.45, 2.75) is 53.4 Å². The molecule has 0 fully saturated rings. The number of benzene rings is 1. The number of fused-ring (bicyclic) bond motifs is 3. The van der Waals surface area contributed by atoms with Crippen LogP contribution in [0.2, 0.25) is 0 Å². The molecule has 4 aromatic rings. The lowest BCUT2D eigenvalue weighted by Gasteiger charge is -2.11. The van der Waals surface area contributed by atoms with Gasteiger partial charge in [0, 0.05) is 30.0 Å². The molecule has 1 aromatic carbocycles. The summed E-state index contributed by atoms with van der Waals surface area (Å²) in [6.07, 6.45) is 3.00. The van der Waals surface area contributed by atoms with Crippen molar-refractivity contribution >= 4 is 22.6 Å². The Bertz CT molecular complexity index is 1240. The summed E-state index contributed by atoms with van der Waals surface area (Å²) in [7, 11) is 0. The van der Waals surface area contributed by atoms with Crippen molar-refractivity contribution in [2.24, 2.45) is 0 Å². The molecule has 0 saturated carbocycles. The highest BCUT2D eigenvalue weighted by atomic mass is 16.1. The number of aromatic nitrogens is 4. The molecule has 0 aliphatic rings. The average molecular weight is 416 g/mol. The fraction of sp³-hybridized carbons (Fsp3) is 0.360. The first-order valence-electron chi connectivity index (χ1n) is 10.9. The molecule has 31 heavy (non-hydrogen) atoms. The first-order valence-corrected chi connectivity index (χ1v) is 10.9. The minimum atomic E-state index is 0.0747. The van der Waals surface area contributed by atoms with Gasteiger partial charge in [-0.1, -0.05) is 30.3 Å². The lowest BCUT2D eigenvalue weighted by molar-refractivity contribution is -0.121. The van der Waals surface area contributed by atoms with Crippen LogP contribution in [0.5, 0.6) is 0 Å². The Morgan fingerprint density at radius 3 is 2.58 bits per heavy atom. The summed E-state index contributed by atoms with van der Waals surface area (Å²) in [6, 6.07) is 12.4. The van der Waals surface area contributed by atoms with Crippen molar-refractivity contribution in [2.75, 3.05) is 6.54 Å². The van der Waals surface area contributed by atoms with Crippen LogP contribution in [0.1, 0.15) is 46.6 Å². The molecule has 3 heterocycles. The van der Waals surface area contributed by atoms with Gasteiger partial charge in [0.2, 0.25) is 5.91 Å². The summed E-state index contributed by atoms with van der Waals surface area (Å²) in [5.41, 5.74) is 7.99. The van der Waals surface area contributed by atoms with Gasteiger partial charge in [-0.3, -0.25) is 4.79 Å². The van der Waals surface area contributed by atoms with Gasteiger partial charge in [0.05, 0.1) is 5.39 Å². The highest BCUT2D eigenvalue weighted by Gasteiger charge is 2.17. The first kappa shape index (κ1) is 21.0. The molecule has 4 rings (SSSR count). The Morgan fingerprint density at radius 2 is 1.81 bits per heavy atom. The first-order chi connectivity index (χ1) is 14.9. The average Bonchev–Trinajstić information content (AvgIpc) is 3.10. The van der Waals surface area contributed by atoms with E-state index in [4.69, 9.17) is 10.1 Å². The third-order valence-electron chi connectivity index (χ3n) is 5.82. The van der Waals surface area contributed by atoms with Crippen LogP contribution in [0.3, 0.4) is 0 Å². The maximum atomic E-state index is 12.4. The van der Waals surface area contributed by atoms with Gasteiger partial charge in [0.1, 0.15) is 0 Å². The molecule has 1 N–H and O–H groups in total. The predicted octanol–water partition coefficient (Wildman–Crippen LogP) is 4.19. The lowest BCUT2D eigenvalue weighted by Crippen LogP contribution is -2.25. The fourth-order valence-corrected chi connectivity index (χ4v) is 4.22. The zero-order valence-electron chi connectivity index (χ0n) is 18.7.